The highest BCUT2D eigenvalue weighted by Crippen LogP contribution is 2.36. The zero-order valence-electron chi connectivity index (χ0n) is 18.2. The molecule has 0 radical (unpaired) electrons. The maximum absolute atomic E-state index is 14.8. The van der Waals surface area contributed by atoms with E-state index in [2.05, 4.69) is 19.6 Å². The standard InChI is InChI=1S/C23H22FN5O3S/c1-14(2)29-10-8-23(27-29)33(31,32)28-22(30)13-19-16-5-4-6-17(16)20(24)12-18(19)15-7-9-26-21(11-15)25-3/h7-12,14H,4-6,13H2,1-2H3,(H,28,30). The van der Waals surface area contributed by atoms with Crippen molar-refractivity contribution in [2.75, 3.05) is 0 Å². The first kappa shape index (κ1) is 22.6. The molecule has 1 N–H and O–H groups in total. The molecule has 0 unspecified atom stereocenters. The van der Waals surface area contributed by atoms with Crippen molar-refractivity contribution >= 4 is 21.7 Å². The summed E-state index contributed by atoms with van der Waals surface area (Å²) < 4.78 is 43.8. The Bertz CT molecular complexity index is 1390. The molecule has 4 rings (SSSR count). The van der Waals surface area contributed by atoms with Crippen LogP contribution in [-0.4, -0.2) is 29.1 Å². The SMILES string of the molecule is [C-]#[N+]c1cc(-c2cc(F)c3c(c2CC(=O)NS(=O)(=O)c2ccn(C(C)C)n2)CCC3)ccn1. The van der Waals surface area contributed by atoms with Gasteiger partial charge in [0.25, 0.3) is 15.8 Å². The lowest BCUT2D eigenvalue weighted by atomic mass is 9.91. The van der Waals surface area contributed by atoms with Gasteiger partial charge in [0.2, 0.25) is 5.91 Å². The van der Waals surface area contributed by atoms with E-state index in [9.17, 15) is 17.6 Å². The van der Waals surface area contributed by atoms with Crippen LogP contribution in [0.1, 0.15) is 43.0 Å². The number of amides is 1. The zero-order valence-corrected chi connectivity index (χ0v) is 19.0. The van der Waals surface area contributed by atoms with Gasteiger partial charge < -0.3 is 4.85 Å². The Kier molecular flexibility index (Phi) is 5.99. The maximum atomic E-state index is 14.8. The van der Waals surface area contributed by atoms with Gasteiger partial charge in [0, 0.05) is 12.2 Å². The summed E-state index contributed by atoms with van der Waals surface area (Å²) in [5.74, 6) is -0.961. The number of nitrogens with one attached hydrogen (secondary N) is 1. The molecule has 0 saturated carbocycles. The summed E-state index contributed by atoms with van der Waals surface area (Å²) in [5, 5.41) is 3.78. The topological polar surface area (TPSA) is 98.3 Å². The summed E-state index contributed by atoms with van der Waals surface area (Å²) in [7, 11) is -4.16. The van der Waals surface area contributed by atoms with Gasteiger partial charge in [-0.15, -0.1) is 4.98 Å². The predicted octanol–water partition coefficient (Wildman–Crippen LogP) is 3.75. The Morgan fingerprint density at radius 1 is 1.27 bits per heavy atom. The van der Waals surface area contributed by atoms with Crippen LogP contribution in [0.15, 0.2) is 41.7 Å². The first-order valence-corrected chi connectivity index (χ1v) is 12.0. The van der Waals surface area contributed by atoms with Crippen LogP contribution >= 0.6 is 0 Å². The van der Waals surface area contributed by atoms with Crippen molar-refractivity contribution in [3.8, 4) is 11.1 Å². The molecule has 1 aromatic carbocycles. The number of pyridine rings is 1. The summed E-state index contributed by atoms with van der Waals surface area (Å²) in [5.41, 5.74) is 2.84. The number of aromatic nitrogens is 3. The van der Waals surface area contributed by atoms with Crippen molar-refractivity contribution in [2.24, 2.45) is 0 Å². The summed E-state index contributed by atoms with van der Waals surface area (Å²) in [4.78, 5) is 20.1. The molecule has 2 heterocycles. The van der Waals surface area contributed by atoms with Crippen LogP contribution in [0.3, 0.4) is 0 Å². The van der Waals surface area contributed by atoms with E-state index in [1.807, 2.05) is 13.8 Å². The van der Waals surface area contributed by atoms with Gasteiger partial charge in [-0.3, -0.25) is 9.48 Å². The molecule has 3 aromatic rings. The van der Waals surface area contributed by atoms with Crippen LogP contribution in [0.2, 0.25) is 0 Å². The normalized spacial score (nSPS) is 13.1. The van der Waals surface area contributed by atoms with Crippen LogP contribution in [0.4, 0.5) is 10.2 Å². The summed E-state index contributed by atoms with van der Waals surface area (Å²) in [6.07, 6.45) is 4.64. The fourth-order valence-electron chi connectivity index (χ4n) is 4.06. The van der Waals surface area contributed by atoms with Gasteiger partial charge in [0.15, 0.2) is 5.03 Å². The van der Waals surface area contributed by atoms with Crippen LogP contribution in [-0.2, 0) is 34.1 Å². The number of rotatable bonds is 6. The third-order valence-corrected chi connectivity index (χ3v) is 6.88. The zero-order chi connectivity index (χ0) is 23.8. The Labute approximate surface area is 191 Å². The van der Waals surface area contributed by atoms with Crippen LogP contribution in [0.5, 0.6) is 0 Å². The van der Waals surface area contributed by atoms with Crippen molar-refractivity contribution in [1.82, 2.24) is 19.5 Å². The minimum atomic E-state index is -4.16. The lowest BCUT2D eigenvalue weighted by Gasteiger charge is -2.16. The molecule has 0 aliphatic heterocycles. The number of halogens is 1. The number of fused-ring (bicyclic) bond motifs is 1. The van der Waals surface area contributed by atoms with E-state index >= 15 is 0 Å². The van der Waals surface area contributed by atoms with Crippen molar-refractivity contribution in [3.05, 3.63) is 70.6 Å². The second kappa shape index (κ2) is 8.75. The number of carbonyl (C=O) groups excluding carboxylic acids is 1. The fourth-order valence-corrected chi connectivity index (χ4v) is 4.98. The molecule has 2 aromatic heterocycles. The predicted molar refractivity (Wildman–Crippen MR) is 120 cm³/mol. The quantitative estimate of drug-likeness (QED) is 0.557. The van der Waals surface area contributed by atoms with Gasteiger partial charge >= 0.3 is 0 Å². The molecular weight excluding hydrogens is 445 g/mol. The van der Waals surface area contributed by atoms with Crippen LogP contribution in [0.25, 0.3) is 16.0 Å². The second-order valence-electron chi connectivity index (χ2n) is 8.14. The Morgan fingerprint density at radius 2 is 2.03 bits per heavy atom. The van der Waals surface area contributed by atoms with E-state index in [-0.39, 0.29) is 29.1 Å². The second-order valence-corrected chi connectivity index (χ2v) is 9.77. The van der Waals surface area contributed by atoms with Gasteiger partial charge in [0.1, 0.15) is 12.0 Å². The Morgan fingerprint density at radius 3 is 2.73 bits per heavy atom. The summed E-state index contributed by atoms with van der Waals surface area (Å²) in [6, 6.07) is 5.82. The van der Waals surface area contributed by atoms with Gasteiger partial charge in [-0.1, -0.05) is 6.57 Å². The monoisotopic (exact) mass is 467 g/mol. The molecule has 0 saturated heterocycles. The molecule has 33 heavy (non-hydrogen) atoms. The van der Waals surface area contributed by atoms with E-state index in [1.165, 1.54) is 35.3 Å². The molecular formula is C23H22FN5O3S. The molecule has 0 spiro atoms. The highest BCUT2D eigenvalue weighted by molar-refractivity contribution is 7.90. The van der Waals surface area contributed by atoms with Gasteiger partial charge in [-0.25, -0.2) is 9.11 Å². The highest BCUT2D eigenvalue weighted by Gasteiger charge is 2.27. The third kappa shape index (κ3) is 4.50. The fraction of sp³-hybridized carbons (Fsp3) is 0.304. The Balaban J connectivity index is 1.69. The molecule has 170 valence electrons. The molecule has 1 aliphatic carbocycles. The first-order chi connectivity index (χ1) is 15.7. The lowest BCUT2D eigenvalue weighted by molar-refractivity contribution is -0.118. The van der Waals surface area contributed by atoms with Gasteiger partial charge in [-0.05, 0) is 85.2 Å². The summed E-state index contributed by atoms with van der Waals surface area (Å²) in [6.45, 7) is 10.9. The first-order valence-electron chi connectivity index (χ1n) is 10.5. The smallest absolute Gasteiger partial charge is 0.283 e. The van der Waals surface area contributed by atoms with Crippen molar-refractivity contribution in [3.63, 3.8) is 0 Å². The highest BCUT2D eigenvalue weighted by atomic mass is 32.2. The molecule has 0 atom stereocenters. The molecule has 0 fully saturated rings. The average molecular weight is 468 g/mol. The minimum absolute atomic E-state index is 0.0327. The number of benzene rings is 1. The number of nitrogens with zero attached hydrogens (tertiary/aromatic N) is 4. The molecule has 0 bridgehead atoms. The van der Waals surface area contributed by atoms with E-state index in [4.69, 9.17) is 6.57 Å². The number of carbonyl (C=O) groups is 1. The molecule has 10 heteroatoms. The molecule has 1 amide bonds. The van der Waals surface area contributed by atoms with E-state index in [0.717, 1.165) is 12.0 Å². The molecule has 8 nitrogen and oxygen atoms in total. The third-order valence-electron chi connectivity index (χ3n) is 5.61. The van der Waals surface area contributed by atoms with E-state index in [0.29, 0.717) is 35.1 Å². The van der Waals surface area contributed by atoms with Gasteiger partial charge in [0.05, 0.1) is 6.42 Å². The van der Waals surface area contributed by atoms with E-state index in [1.54, 1.807) is 6.07 Å². The number of hydrogen-bond donors (Lipinski definition) is 1. The number of hydrogen-bond acceptors (Lipinski definition) is 5. The van der Waals surface area contributed by atoms with Crippen molar-refractivity contribution in [2.45, 2.75) is 50.6 Å². The van der Waals surface area contributed by atoms with Crippen LogP contribution < -0.4 is 4.72 Å². The lowest BCUT2D eigenvalue weighted by Crippen LogP contribution is -2.32. The minimum Gasteiger partial charge on any atom is -0.361 e. The van der Waals surface area contributed by atoms with Crippen molar-refractivity contribution in [1.29, 1.82) is 0 Å². The Hall–Kier alpha value is -3.58. The average Bonchev–Trinajstić information content (AvgIpc) is 3.46. The van der Waals surface area contributed by atoms with Crippen LogP contribution in [0, 0.1) is 12.4 Å². The van der Waals surface area contributed by atoms with E-state index < -0.39 is 15.9 Å². The number of sulfonamides is 1. The molecule has 1 aliphatic rings. The van der Waals surface area contributed by atoms with Crippen molar-refractivity contribution < 1.29 is 17.6 Å². The maximum Gasteiger partial charge on any atom is 0.283 e. The van der Waals surface area contributed by atoms with Gasteiger partial charge in [-0.2, -0.15) is 13.5 Å². The summed E-state index contributed by atoms with van der Waals surface area (Å²) >= 11 is 0. The largest absolute Gasteiger partial charge is 0.361 e.